The Morgan fingerprint density at radius 2 is 1.57 bits per heavy atom. The Morgan fingerprint density at radius 3 is 2.23 bits per heavy atom. The molecular weight excluding hydrogens is 480 g/mol. The van der Waals surface area contributed by atoms with Gasteiger partial charge in [-0.1, -0.05) is 35.1 Å². The summed E-state index contributed by atoms with van der Waals surface area (Å²) in [6, 6.07) is 11.3. The molecule has 7 nitrogen and oxygen atoms in total. The van der Waals surface area contributed by atoms with Crippen molar-refractivity contribution in [1.29, 1.82) is 0 Å². The summed E-state index contributed by atoms with van der Waals surface area (Å²) in [5, 5.41) is 1.02. The number of carbonyl (C=O) groups is 1. The molecule has 0 bridgehead atoms. The Labute approximate surface area is 211 Å². The van der Waals surface area contributed by atoms with Crippen molar-refractivity contribution < 1.29 is 13.2 Å². The third-order valence-corrected chi connectivity index (χ3v) is 10.4. The van der Waals surface area contributed by atoms with Gasteiger partial charge in [-0.25, -0.2) is 13.4 Å². The molecule has 2 fully saturated rings. The molecule has 0 radical (unpaired) electrons. The molecule has 9 heteroatoms. The lowest BCUT2D eigenvalue weighted by Gasteiger charge is -2.38. The minimum atomic E-state index is -3.51. The van der Waals surface area contributed by atoms with Gasteiger partial charge in [-0.2, -0.15) is 4.31 Å². The van der Waals surface area contributed by atoms with Crippen molar-refractivity contribution in [2.75, 3.05) is 44.2 Å². The zero-order valence-electron chi connectivity index (χ0n) is 20.5. The molecule has 0 aliphatic carbocycles. The monoisotopic (exact) mass is 512 g/mol. The molecule has 5 rings (SSSR count). The van der Waals surface area contributed by atoms with Crippen LogP contribution in [0, 0.1) is 26.7 Å². The normalized spacial score (nSPS) is 18.4. The molecule has 186 valence electrons. The van der Waals surface area contributed by atoms with Crippen LogP contribution in [0.15, 0.2) is 41.3 Å². The quantitative estimate of drug-likeness (QED) is 0.529. The number of carbonyl (C=O) groups excluding carboxylic acids is 1. The zero-order valence-corrected chi connectivity index (χ0v) is 22.2. The number of benzene rings is 2. The van der Waals surface area contributed by atoms with E-state index in [1.165, 1.54) is 20.1 Å². The maximum absolute atomic E-state index is 13.2. The standard InChI is InChI=1S/C26H32N4O3S2/c1-18-4-7-22(8-5-18)35(32,33)30-12-10-21(11-13-30)25(31)28-14-16-29(17-15-28)26-27-24-20(3)19(2)6-9-23(24)34-26/h4-9,21H,10-17H2,1-3H3. The maximum Gasteiger partial charge on any atom is 0.243 e. The van der Waals surface area contributed by atoms with Gasteiger partial charge in [0, 0.05) is 45.2 Å². The number of hydrogen-bond donors (Lipinski definition) is 0. The second-order valence-electron chi connectivity index (χ2n) is 9.65. The van der Waals surface area contributed by atoms with E-state index in [2.05, 4.69) is 30.9 Å². The van der Waals surface area contributed by atoms with Crippen LogP contribution in [0.2, 0.25) is 0 Å². The van der Waals surface area contributed by atoms with E-state index in [9.17, 15) is 13.2 Å². The van der Waals surface area contributed by atoms with Crippen LogP contribution in [0.3, 0.4) is 0 Å². The average molecular weight is 513 g/mol. The Morgan fingerprint density at radius 1 is 0.914 bits per heavy atom. The number of hydrogen-bond acceptors (Lipinski definition) is 6. The minimum absolute atomic E-state index is 0.112. The number of sulfonamides is 1. The Balaban J connectivity index is 1.17. The number of anilines is 1. The first-order chi connectivity index (χ1) is 16.7. The topological polar surface area (TPSA) is 73.8 Å². The van der Waals surface area contributed by atoms with E-state index < -0.39 is 10.0 Å². The lowest BCUT2D eigenvalue weighted by Crippen LogP contribution is -2.52. The molecule has 2 aliphatic rings. The summed E-state index contributed by atoms with van der Waals surface area (Å²) in [7, 11) is -3.51. The van der Waals surface area contributed by atoms with Crippen LogP contribution in [0.1, 0.15) is 29.5 Å². The van der Waals surface area contributed by atoms with Gasteiger partial charge in [0.15, 0.2) is 5.13 Å². The molecule has 3 heterocycles. The molecule has 1 aromatic heterocycles. The molecule has 1 amide bonds. The highest BCUT2D eigenvalue weighted by atomic mass is 32.2. The predicted octanol–water partition coefficient (Wildman–Crippen LogP) is 3.97. The predicted molar refractivity (Wildman–Crippen MR) is 141 cm³/mol. The average Bonchev–Trinajstić information content (AvgIpc) is 3.31. The van der Waals surface area contributed by atoms with Crippen LogP contribution >= 0.6 is 11.3 Å². The molecule has 2 aromatic carbocycles. The number of aromatic nitrogens is 1. The van der Waals surface area contributed by atoms with Crippen molar-refractivity contribution in [2.45, 2.75) is 38.5 Å². The van der Waals surface area contributed by atoms with Crippen LogP contribution in [0.5, 0.6) is 0 Å². The van der Waals surface area contributed by atoms with Gasteiger partial charge < -0.3 is 9.80 Å². The van der Waals surface area contributed by atoms with Crippen LogP contribution in [-0.4, -0.2) is 67.8 Å². The second kappa shape index (κ2) is 9.52. The van der Waals surface area contributed by atoms with Gasteiger partial charge in [0.2, 0.25) is 15.9 Å². The molecule has 2 aliphatic heterocycles. The van der Waals surface area contributed by atoms with Gasteiger partial charge in [-0.3, -0.25) is 4.79 Å². The first-order valence-corrected chi connectivity index (χ1v) is 14.5. The molecule has 0 atom stereocenters. The highest BCUT2D eigenvalue weighted by molar-refractivity contribution is 7.89. The smallest absolute Gasteiger partial charge is 0.243 e. The van der Waals surface area contributed by atoms with Gasteiger partial charge >= 0.3 is 0 Å². The van der Waals surface area contributed by atoms with Crippen molar-refractivity contribution in [3.63, 3.8) is 0 Å². The van der Waals surface area contributed by atoms with Crippen molar-refractivity contribution in [2.24, 2.45) is 5.92 Å². The van der Waals surface area contributed by atoms with Gasteiger partial charge in [-0.15, -0.1) is 0 Å². The third-order valence-electron chi connectivity index (χ3n) is 7.40. The van der Waals surface area contributed by atoms with Crippen LogP contribution in [0.4, 0.5) is 5.13 Å². The van der Waals surface area contributed by atoms with E-state index in [1.807, 2.05) is 24.0 Å². The Hall–Kier alpha value is -2.49. The van der Waals surface area contributed by atoms with Crippen molar-refractivity contribution >= 4 is 42.6 Å². The molecule has 0 spiro atoms. The van der Waals surface area contributed by atoms with Crippen LogP contribution < -0.4 is 4.90 Å². The van der Waals surface area contributed by atoms with E-state index >= 15 is 0 Å². The van der Waals surface area contributed by atoms with Crippen molar-refractivity contribution in [3.8, 4) is 0 Å². The van der Waals surface area contributed by atoms with E-state index in [0.29, 0.717) is 43.9 Å². The molecule has 0 N–H and O–H groups in total. The number of aryl methyl sites for hydroxylation is 3. The van der Waals surface area contributed by atoms with E-state index in [-0.39, 0.29) is 11.8 Å². The molecule has 0 saturated carbocycles. The highest BCUT2D eigenvalue weighted by Gasteiger charge is 2.35. The highest BCUT2D eigenvalue weighted by Crippen LogP contribution is 2.33. The minimum Gasteiger partial charge on any atom is -0.345 e. The summed E-state index contributed by atoms with van der Waals surface area (Å²) in [4.78, 5) is 22.7. The van der Waals surface area contributed by atoms with E-state index in [0.717, 1.165) is 29.3 Å². The summed E-state index contributed by atoms with van der Waals surface area (Å²) < 4.78 is 28.7. The van der Waals surface area contributed by atoms with Crippen molar-refractivity contribution in [3.05, 3.63) is 53.1 Å². The fraction of sp³-hybridized carbons (Fsp3) is 0.462. The largest absolute Gasteiger partial charge is 0.345 e. The summed E-state index contributed by atoms with van der Waals surface area (Å²) in [5.74, 6) is 0.0481. The SMILES string of the molecule is Cc1ccc(S(=O)(=O)N2CCC(C(=O)N3CCN(c4nc5c(C)c(C)ccc5s4)CC3)CC2)cc1. The fourth-order valence-electron chi connectivity index (χ4n) is 4.93. The molecular formula is C26H32N4O3S2. The second-order valence-corrected chi connectivity index (χ2v) is 12.6. The van der Waals surface area contributed by atoms with Gasteiger partial charge in [-0.05, 0) is 62.9 Å². The first kappa shape index (κ1) is 24.2. The number of piperidine rings is 1. The zero-order chi connectivity index (χ0) is 24.7. The lowest BCUT2D eigenvalue weighted by molar-refractivity contribution is -0.137. The van der Waals surface area contributed by atoms with Gasteiger partial charge in [0.1, 0.15) is 0 Å². The summed E-state index contributed by atoms with van der Waals surface area (Å²) in [6.45, 7) is 9.83. The summed E-state index contributed by atoms with van der Waals surface area (Å²) in [6.07, 6.45) is 1.14. The summed E-state index contributed by atoms with van der Waals surface area (Å²) >= 11 is 1.71. The van der Waals surface area contributed by atoms with Crippen LogP contribution in [0.25, 0.3) is 10.2 Å². The number of rotatable bonds is 4. The molecule has 0 unspecified atom stereocenters. The number of fused-ring (bicyclic) bond motifs is 1. The number of nitrogens with zero attached hydrogens (tertiary/aromatic N) is 4. The number of piperazine rings is 1. The molecule has 3 aromatic rings. The lowest BCUT2D eigenvalue weighted by atomic mass is 9.96. The number of amides is 1. The molecule has 35 heavy (non-hydrogen) atoms. The van der Waals surface area contributed by atoms with Crippen molar-refractivity contribution in [1.82, 2.24) is 14.2 Å². The van der Waals surface area contributed by atoms with Gasteiger partial charge in [0.25, 0.3) is 0 Å². The van der Waals surface area contributed by atoms with E-state index in [1.54, 1.807) is 23.5 Å². The summed E-state index contributed by atoms with van der Waals surface area (Å²) in [5.41, 5.74) is 4.59. The molecule has 2 saturated heterocycles. The van der Waals surface area contributed by atoms with Gasteiger partial charge in [0.05, 0.1) is 15.1 Å². The first-order valence-electron chi connectivity index (χ1n) is 12.2. The number of thiazole rings is 1. The Kier molecular flexibility index (Phi) is 6.59. The fourth-order valence-corrected chi connectivity index (χ4v) is 7.47. The van der Waals surface area contributed by atoms with E-state index in [4.69, 9.17) is 4.98 Å². The van der Waals surface area contributed by atoms with Crippen LogP contribution in [-0.2, 0) is 14.8 Å². The maximum atomic E-state index is 13.2. The third kappa shape index (κ3) is 4.69. The Bertz CT molecular complexity index is 1330.